The SMILES string of the molecule is Cc1ccc(-c2nc(N3C=NC4c5ccccc5-n5c(cnc5Cl)N43)no2)o1. The molecule has 10 heteroatoms. The van der Waals surface area contributed by atoms with Crippen LogP contribution < -0.4 is 10.0 Å². The topological polar surface area (TPSA) is 88.7 Å². The lowest BCUT2D eigenvalue weighted by Gasteiger charge is -2.36. The van der Waals surface area contributed by atoms with Crippen LogP contribution in [0.25, 0.3) is 17.3 Å². The van der Waals surface area contributed by atoms with Gasteiger partial charge in [0, 0.05) is 5.56 Å². The van der Waals surface area contributed by atoms with Gasteiger partial charge in [-0.3, -0.25) is 4.57 Å². The molecular weight excluding hydrogens is 382 g/mol. The first-order valence-corrected chi connectivity index (χ1v) is 8.93. The van der Waals surface area contributed by atoms with Crippen LogP contribution in [0.2, 0.25) is 5.28 Å². The highest BCUT2D eigenvalue weighted by molar-refractivity contribution is 6.29. The molecule has 0 spiro atoms. The number of hydrogen-bond acceptors (Lipinski definition) is 8. The molecular formula is C18H12ClN7O2. The highest BCUT2D eigenvalue weighted by Crippen LogP contribution is 2.44. The molecule has 4 aromatic rings. The molecule has 28 heavy (non-hydrogen) atoms. The van der Waals surface area contributed by atoms with E-state index in [1.165, 1.54) is 0 Å². The van der Waals surface area contributed by atoms with Crippen LogP contribution in [-0.4, -0.2) is 26.0 Å². The number of anilines is 2. The van der Waals surface area contributed by atoms with Gasteiger partial charge in [0.05, 0.1) is 11.9 Å². The molecule has 138 valence electrons. The summed E-state index contributed by atoms with van der Waals surface area (Å²) < 4.78 is 12.8. The van der Waals surface area contributed by atoms with Crippen LogP contribution in [0.5, 0.6) is 0 Å². The number of imidazole rings is 1. The van der Waals surface area contributed by atoms with Crippen LogP contribution in [0, 0.1) is 6.92 Å². The van der Waals surface area contributed by atoms with E-state index in [1.54, 1.807) is 23.6 Å². The van der Waals surface area contributed by atoms with Gasteiger partial charge in [-0.25, -0.2) is 20.0 Å². The van der Waals surface area contributed by atoms with E-state index < -0.39 is 0 Å². The van der Waals surface area contributed by atoms with Crippen molar-refractivity contribution in [1.82, 2.24) is 19.7 Å². The number of halogens is 1. The van der Waals surface area contributed by atoms with Gasteiger partial charge in [-0.2, -0.15) is 4.98 Å². The summed E-state index contributed by atoms with van der Waals surface area (Å²) in [6.07, 6.45) is 3.09. The maximum Gasteiger partial charge on any atom is 0.295 e. The first-order valence-electron chi connectivity index (χ1n) is 8.55. The van der Waals surface area contributed by atoms with Crippen molar-refractivity contribution in [2.75, 3.05) is 10.0 Å². The van der Waals surface area contributed by atoms with Gasteiger partial charge in [-0.1, -0.05) is 18.2 Å². The molecule has 3 aromatic heterocycles. The predicted molar refractivity (Wildman–Crippen MR) is 102 cm³/mol. The Balaban J connectivity index is 1.45. The number of benzene rings is 1. The number of aromatic nitrogens is 4. The molecule has 0 radical (unpaired) electrons. The van der Waals surface area contributed by atoms with E-state index in [4.69, 9.17) is 20.5 Å². The molecule has 0 aliphatic carbocycles. The largest absolute Gasteiger partial charge is 0.456 e. The standard InChI is InChI=1S/C18H12ClN7O2/c1-10-6-7-13(27-10)16-22-18(23-28-16)24-9-21-15-11-4-2-3-5-12(11)25-14(26(15)24)8-20-17(25)19/h2-9,15H,1H3. The number of furan rings is 1. The number of fused-ring (bicyclic) bond motifs is 6. The Morgan fingerprint density at radius 3 is 2.89 bits per heavy atom. The van der Waals surface area contributed by atoms with Crippen LogP contribution in [0.15, 0.2) is 56.5 Å². The highest BCUT2D eigenvalue weighted by atomic mass is 35.5. The number of hydrogen-bond donors (Lipinski definition) is 0. The van der Waals surface area contributed by atoms with Gasteiger partial charge in [0.15, 0.2) is 17.7 Å². The first-order chi connectivity index (χ1) is 13.7. The number of para-hydroxylation sites is 1. The minimum atomic E-state index is -0.274. The molecule has 0 bridgehead atoms. The maximum absolute atomic E-state index is 6.36. The van der Waals surface area contributed by atoms with Crippen molar-refractivity contribution >= 4 is 29.7 Å². The lowest BCUT2D eigenvalue weighted by atomic mass is 10.1. The molecule has 1 unspecified atom stereocenters. The Morgan fingerprint density at radius 1 is 1.14 bits per heavy atom. The Kier molecular flexibility index (Phi) is 3.01. The summed E-state index contributed by atoms with van der Waals surface area (Å²) in [5.74, 6) is 2.67. The summed E-state index contributed by atoms with van der Waals surface area (Å²) in [6, 6.07) is 11.6. The van der Waals surface area contributed by atoms with Crippen molar-refractivity contribution in [2.45, 2.75) is 13.1 Å². The lowest BCUT2D eigenvalue weighted by molar-refractivity contribution is 0.412. The van der Waals surface area contributed by atoms with Crippen LogP contribution in [0.4, 0.5) is 11.8 Å². The Hall–Kier alpha value is -3.59. The fraction of sp³-hybridized carbons (Fsp3) is 0.111. The van der Waals surface area contributed by atoms with E-state index >= 15 is 0 Å². The Bertz CT molecular complexity index is 1240. The quantitative estimate of drug-likeness (QED) is 0.512. The summed E-state index contributed by atoms with van der Waals surface area (Å²) in [7, 11) is 0. The molecule has 6 rings (SSSR count). The molecule has 0 fully saturated rings. The monoisotopic (exact) mass is 393 g/mol. The number of rotatable bonds is 2. The second kappa shape index (κ2) is 5.46. The normalized spacial score (nSPS) is 17.0. The van der Waals surface area contributed by atoms with E-state index in [1.807, 2.05) is 46.8 Å². The average molecular weight is 394 g/mol. The Morgan fingerprint density at radius 2 is 2.04 bits per heavy atom. The first kappa shape index (κ1) is 15.5. The van der Waals surface area contributed by atoms with Crippen LogP contribution in [-0.2, 0) is 0 Å². The summed E-state index contributed by atoms with van der Waals surface area (Å²) in [4.78, 5) is 13.4. The molecule has 2 aliphatic rings. The predicted octanol–water partition coefficient (Wildman–Crippen LogP) is 3.76. The van der Waals surface area contributed by atoms with Gasteiger partial charge in [-0.05, 0) is 41.9 Å². The van der Waals surface area contributed by atoms with Crippen molar-refractivity contribution in [3.05, 3.63) is 59.2 Å². The molecule has 1 aromatic carbocycles. The zero-order valence-electron chi connectivity index (χ0n) is 14.5. The second-order valence-electron chi connectivity index (χ2n) is 6.42. The minimum Gasteiger partial charge on any atom is -0.456 e. The molecule has 2 aliphatic heterocycles. The highest BCUT2D eigenvalue weighted by Gasteiger charge is 2.40. The fourth-order valence-electron chi connectivity index (χ4n) is 3.53. The van der Waals surface area contributed by atoms with Crippen LogP contribution in [0.3, 0.4) is 0 Å². The van der Waals surface area contributed by atoms with Gasteiger partial charge in [0.2, 0.25) is 5.28 Å². The minimum absolute atomic E-state index is 0.274. The third kappa shape index (κ3) is 2.01. The number of aliphatic imine (C=N–C) groups is 1. The van der Waals surface area contributed by atoms with E-state index in [0.717, 1.165) is 22.8 Å². The van der Waals surface area contributed by atoms with Crippen LogP contribution in [0.1, 0.15) is 17.5 Å². The number of nitrogens with zero attached hydrogens (tertiary/aromatic N) is 7. The average Bonchev–Trinajstić information content (AvgIpc) is 3.47. The molecule has 0 saturated heterocycles. The van der Waals surface area contributed by atoms with E-state index in [9.17, 15) is 0 Å². The summed E-state index contributed by atoms with van der Waals surface area (Å²) in [5.41, 5.74) is 1.94. The van der Waals surface area contributed by atoms with E-state index in [2.05, 4.69) is 20.1 Å². The van der Waals surface area contributed by atoms with Gasteiger partial charge in [0.25, 0.3) is 11.8 Å². The molecule has 5 heterocycles. The fourth-order valence-corrected chi connectivity index (χ4v) is 3.76. The summed E-state index contributed by atoms with van der Waals surface area (Å²) >= 11 is 6.36. The Labute approximate surface area is 163 Å². The van der Waals surface area contributed by atoms with Crippen molar-refractivity contribution in [1.29, 1.82) is 0 Å². The lowest BCUT2D eigenvalue weighted by Crippen LogP contribution is -2.43. The second-order valence-corrected chi connectivity index (χ2v) is 6.75. The number of hydrazine groups is 1. The molecule has 0 amide bonds. The zero-order valence-corrected chi connectivity index (χ0v) is 15.3. The zero-order chi connectivity index (χ0) is 18.8. The van der Waals surface area contributed by atoms with E-state index in [-0.39, 0.29) is 6.17 Å². The smallest absolute Gasteiger partial charge is 0.295 e. The van der Waals surface area contributed by atoms with Gasteiger partial charge in [0.1, 0.15) is 12.1 Å². The maximum atomic E-state index is 6.36. The third-order valence-corrected chi connectivity index (χ3v) is 5.01. The molecule has 1 atom stereocenters. The van der Waals surface area contributed by atoms with Crippen molar-refractivity contribution in [3.63, 3.8) is 0 Å². The summed E-state index contributed by atoms with van der Waals surface area (Å²) in [5, 5.41) is 8.10. The van der Waals surface area contributed by atoms with Gasteiger partial charge < -0.3 is 8.94 Å². The molecule has 0 saturated carbocycles. The summed E-state index contributed by atoms with van der Waals surface area (Å²) in [6.45, 7) is 1.86. The molecule has 0 N–H and O–H groups in total. The van der Waals surface area contributed by atoms with Gasteiger partial charge in [-0.15, -0.1) is 0 Å². The van der Waals surface area contributed by atoms with Crippen molar-refractivity contribution in [3.8, 4) is 17.3 Å². The van der Waals surface area contributed by atoms with Gasteiger partial charge >= 0.3 is 0 Å². The van der Waals surface area contributed by atoms with Crippen molar-refractivity contribution < 1.29 is 8.94 Å². The number of aryl methyl sites for hydroxylation is 1. The van der Waals surface area contributed by atoms with Crippen LogP contribution >= 0.6 is 11.6 Å². The van der Waals surface area contributed by atoms with Crippen molar-refractivity contribution in [2.24, 2.45) is 4.99 Å². The third-order valence-electron chi connectivity index (χ3n) is 4.74. The van der Waals surface area contributed by atoms with E-state index in [0.29, 0.717) is 22.9 Å². The molecule has 9 nitrogen and oxygen atoms in total.